The number of nitriles is 1. The van der Waals surface area contributed by atoms with Gasteiger partial charge in [0.25, 0.3) is 0 Å². The average molecular weight is 216 g/mol. The zero-order chi connectivity index (χ0) is 10.0. The number of hydrogen-bond acceptors (Lipinski definition) is 4. The van der Waals surface area contributed by atoms with Gasteiger partial charge in [0, 0.05) is 0 Å². The van der Waals surface area contributed by atoms with Crippen molar-refractivity contribution in [1.82, 2.24) is 0 Å². The number of carbonyl (C=O) groups is 1. The molecule has 0 radical (unpaired) electrons. The molecule has 1 rings (SSSR count). The third-order valence-electron chi connectivity index (χ3n) is 1.59. The topological polar surface area (TPSA) is 50.1 Å². The molecule has 0 fully saturated rings. The predicted molar refractivity (Wildman–Crippen MR) is 50.1 cm³/mol. The molecule has 0 aliphatic rings. The third kappa shape index (κ3) is 1.67. The van der Waals surface area contributed by atoms with E-state index in [9.17, 15) is 4.79 Å². The Bertz CT molecular complexity index is 392. The van der Waals surface area contributed by atoms with Crippen molar-refractivity contribution in [2.45, 2.75) is 6.92 Å². The summed E-state index contributed by atoms with van der Waals surface area (Å²) in [6, 6.07) is 1.93. The fourth-order valence-corrected chi connectivity index (χ4v) is 2.21. The van der Waals surface area contributed by atoms with E-state index in [0.717, 1.165) is 11.3 Å². The smallest absolute Gasteiger partial charge is 0.348 e. The second-order valence-electron chi connectivity index (χ2n) is 2.31. The molecule has 0 saturated carbocycles. The van der Waals surface area contributed by atoms with Gasteiger partial charge in [0.2, 0.25) is 0 Å². The molecular formula is C8H6ClNO2S. The number of ether oxygens (including phenoxy) is 1. The Kier molecular flexibility index (Phi) is 2.91. The van der Waals surface area contributed by atoms with Crippen LogP contribution in [0.2, 0.25) is 4.34 Å². The van der Waals surface area contributed by atoms with Gasteiger partial charge in [-0.1, -0.05) is 11.6 Å². The molecule has 68 valence electrons. The minimum Gasteiger partial charge on any atom is -0.465 e. The maximum Gasteiger partial charge on any atom is 0.348 e. The van der Waals surface area contributed by atoms with E-state index in [1.807, 2.05) is 6.07 Å². The van der Waals surface area contributed by atoms with E-state index in [2.05, 4.69) is 4.74 Å². The molecule has 0 bridgehead atoms. The molecule has 0 unspecified atom stereocenters. The number of thiophene rings is 1. The lowest BCUT2D eigenvalue weighted by atomic mass is 10.2. The number of esters is 1. The van der Waals surface area contributed by atoms with Crippen LogP contribution in [-0.2, 0) is 4.74 Å². The molecule has 0 aliphatic heterocycles. The molecule has 0 aliphatic carbocycles. The van der Waals surface area contributed by atoms with E-state index in [1.54, 1.807) is 6.92 Å². The second-order valence-corrected chi connectivity index (χ2v) is 3.93. The largest absolute Gasteiger partial charge is 0.465 e. The van der Waals surface area contributed by atoms with Crippen LogP contribution >= 0.6 is 22.9 Å². The first-order valence-electron chi connectivity index (χ1n) is 3.39. The summed E-state index contributed by atoms with van der Waals surface area (Å²) in [5.41, 5.74) is 0.941. The summed E-state index contributed by atoms with van der Waals surface area (Å²) in [7, 11) is 1.29. The van der Waals surface area contributed by atoms with Crippen LogP contribution in [-0.4, -0.2) is 13.1 Å². The van der Waals surface area contributed by atoms with E-state index < -0.39 is 5.97 Å². The fourth-order valence-electron chi connectivity index (χ4n) is 0.893. The third-order valence-corrected chi connectivity index (χ3v) is 3.07. The van der Waals surface area contributed by atoms with Crippen molar-refractivity contribution in [3.05, 3.63) is 20.3 Å². The van der Waals surface area contributed by atoms with Crippen molar-refractivity contribution in [2.24, 2.45) is 0 Å². The van der Waals surface area contributed by atoms with Crippen LogP contribution in [0.5, 0.6) is 0 Å². The van der Waals surface area contributed by atoms with E-state index in [-0.39, 0.29) is 0 Å². The van der Waals surface area contributed by atoms with Gasteiger partial charge in [-0.25, -0.2) is 4.79 Å². The van der Waals surface area contributed by atoms with Crippen molar-refractivity contribution < 1.29 is 9.53 Å². The number of halogens is 1. The molecule has 0 atom stereocenters. The Balaban J connectivity index is 3.28. The van der Waals surface area contributed by atoms with Crippen molar-refractivity contribution >= 4 is 28.9 Å². The van der Waals surface area contributed by atoms with Crippen molar-refractivity contribution in [2.75, 3.05) is 7.11 Å². The summed E-state index contributed by atoms with van der Waals surface area (Å²) >= 11 is 6.81. The highest BCUT2D eigenvalue weighted by Gasteiger charge is 2.18. The van der Waals surface area contributed by atoms with E-state index >= 15 is 0 Å². The molecule has 13 heavy (non-hydrogen) atoms. The molecule has 1 aromatic rings. The average Bonchev–Trinajstić information content (AvgIpc) is 2.40. The van der Waals surface area contributed by atoms with Crippen LogP contribution in [0.4, 0.5) is 0 Å². The van der Waals surface area contributed by atoms with Gasteiger partial charge >= 0.3 is 5.97 Å². The monoisotopic (exact) mass is 215 g/mol. The quantitative estimate of drug-likeness (QED) is 0.676. The van der Waals surface area contributed by atoms with E-state index in [0.29, 0.717) is 20.3 Å². The Morgan fingerprint density at radius 3 is 2.69 bits per heavy atom. The van der Waals surface area contributed by atoms with E-state index in [4.69, 9.17) is 16.9 Å². The van der Waals surface area contributed by atoms with Crippen molar-refractivity contribution in [1.29, 1.82) is 5.26 Å². The molecule has 3 nitrogen and oxygen atoms in total. The number of hydrogen-bond donors (Lipinski definition) is 0. The number of rotatable bonds is 1. The summed E-state index contributed by atoms with van der Waals surface area (Å²) in [6.07, 6.45) is 0. The number of methoxy groups -OCH3 is 1. The van der Waals surface area contributed by atoms with E-state index in [1.165, 1.54) is 7.11 Å². The van der Waals surface area contributed by atoms with Gasteiger partial charge in [0.05, 0.1) is 12.7 Å². The SMILES string of the molecule is COC(=O)c1sc(Cl)c(C#N)c1C. The zero-order valence-corrected chi connectivity index (χ0v) is 8.62. The Morgan fingerprint density at radius 2 is 2.31 bits per heavy atom. The maximum absolute atomic E-state index is 11.1. The molecule has 5 heteroatoms. The van der Waals surface area contributed by atoms with Crippen LogP contribution in [0.1, 0.15) is 20.8 Å². The summed E-state index contributed by atoms with van der Waals surface area (Å²) < 4.78 is 4.87. The standard InChI is InChI=1S/C8H6ClNO2S/c1-4-5(3-10)7(9)13-6(4)8(11)12-2/h1-2H3. The Labute approximate surface area is 84.5 Å². The normalized spacial score (nSPS) is 9.38. The van der Waals surface area contributed by atoms with Crippen LogP contribution in [0.3, 0.4) is 0 Å². The molecule has 1 heterocycles. The molecule has 1 aromatic heterocycles. The predicted octanol–water partition coefficient (Wildman–Crippen LogP) is 2.37. The lowest BCUT2D eigenvalue weighted by Gasteiger charge is -1.94. The van der Waals surface area contributed by atoms with Gasteiger partial charge in [-0.3, -0.25) is 0 Å². The lowest BCUT2D eigenvalue weighted by molar-refractivity contribution is 0.0605. The maximum atomic E-state index is 11.1. The first kappa shape index (κ1) is 10.0. The van der Waals surface area contributed by atoms with Crippen LogP contribution in [0.25, 0.3) is 0 Å². The van der Waals surface area contributed by atoms with Crippen molar-refractivity contribution in [3.8, 4) is 6.07 Å². The zero-order valence-electron chi connectivity index (χ0n) is 7.05. The molecule has 0 aromatic carbocycles. The van der Waals surface area contributed by atoms with Gasteiger partial charge in [0.15, 0.2) is 0 Å². The fraction of sp³-hybridized carbons (Fsp3) is 0.250. The minimum absolute atomic E-state index is 0.334. The molecule has 0 saturated heterocycles. The Hall–Kier alpha value is -1.05. The summed E-state index contributed by atoms with van der Waals surface area (Å²) in [4.78, 5) is 11.5. The Morgan fingerprint density at radius 1 is 1.69 bits per heavy atom. The van der Waals surface area contributed by atoms with Crippen LogP contribution in [0, 0.1) is 18.3 Å². The summed E-state index contributed by atoms with van der Waals surface area (Å²) in [5.74, 6) is -0.453. The lowest BCUT2D eigenvalue weighted by Crippen LogP contribution is -1.99. The molecule has 0 spiro atoms. The molecular weight excluding hydrogens is 210 g/mol. The highest BCUT2D eigenvalue weighted by molar-refractivity contribution is 7.18. The second kappa shape index (κ2) is 3.77. The first-order chi connectivity index (χ1) is 6.11. The van der Waals surface area contributed by atoms with Crippen LogP contribution < -0.4 is 0 Å². The van der Waals surface area contributed by atoms with Gasteiger partial charge in [0.1, 0.15) is 15.3 Å². The highest BCUT2D eigenvalue weighted by atomic mass is 35.5. The van der Waals surface area contributed by atoms with Gasteiger partial charge in [-0.15, -0.1) is 11.3 Å². The molecule has 0 N–H and O–H groups in total. The first-order valence-corrected chi connectivity index (χ1v) is 4.58. The number of nitrogens with zero attached hydrogens (tertiary/aromatic N) is 1. The molecule has 0 amide bonds. The number of carbonyl (C=O) groups excluding carboxylic acids is 1. The van der Waals surface area contributed by atoms with Gasteiger partial charge < -0.3 is 4.74 Å². The van der Waals surface area contributed by atoms with Gasteiger partial charge in [-0.05, 0) is 12.5 Å². The summed E-state index contributed by atoms with van der Waals surface area (Å²) in [5, 5.41) is 8.69. The van der Waals surface area contributed by atoms with Gasteiger partial charge in [-0.2, -0.15) is 5.26 Å². The van der Waals surface area contributed by atoms with Crippen LogP contribution in [0.15, 0.2) is 0 Å². The van der Waals surface area contributed by atoms with Crippen molar-refractivity contribution in [3.63, 3.8) is 0 Å². The highest BCUT2D eigenvalue weighted by Crippen LogP contribution is 2.31. The summed E-state index contributed by atoms with van der Waals surface area (Å²) in [6.45, 7) is 1.67. The minimum atomic E-state index is -0.453.